The Morgan fingerprint density at radius 2 is 0.654 bits per heavy atom. The summed E-state index contributed by atoms with van der Waals surface area (Å²) in [4.78, 5) is 0. The molecule has 2 aliphatic carbocycles. The van der Waals surface area contributed by atoms with Crippen LogP contribution in [0.25, 0.3) is 87.9 Å². The van der Waals surface area contributed by atoms with Gasteiger partial charge in [-0.1, -0.05) is 219 Å². The lowest BCUT2D eigenvalue weighted by molar-refractivity contribution is 0.544. The molecule has 9 aromatic carbocycles. The van der Waals surface area contributed by atoms with Gasteiger partial charge in [0.1, 0.15) is 0 Å². The molecule has 2 heterocycles. The van der Waals surface area contributed by atoms with Crippen molar-refractivity contribution in [3.63, 3.8) is 0 Å². The zero-order valence-corrected chi connectivity index (χ0v) is 49.3. The van der Waals surface area contributed by atoms with E-state index in [4.69, 9.17) is 0 Å². The summed E-state index contributed by atoms with van der Waals surface area (Å²) in [6.07, 6.45) is 0. The van der Waals surface area contributed by atoms with Crippen LogP contribution in [0.5, 0.6) is 0 Å². The fourth-order valence-electron chi connectivity index (χ4n) is 14.0. The van der Waals surface area contributed by atoms with Crippen LogP contribution >= 0.6 is 0 Å². The number of rotatable bonds is 4. The molecule has 78 heavy (non-hydrogen) atoms. The van der Waals surface area contributed by atoms with Gasteiger partial charge in [-0.25, -0.2) is 0 Å². The summed E-state index contributed by atoms with van der Waals surface area (Å²) in [6, 6.07) is 59.9. The molecule has 0 saturated carbocycles. The van der Waals surface area contributed by atoms with Gasteiger partial charge in [0.15, 0.2) is 0 Å². The van der Waals surface area contributed by atoms with Crippen LogP contribution in [0.15, 0.2) is 152 Å². The maximum absolute atomic E-state index is 2.53. The molecule has 0 spiro atoms. The van der Waals surface area contributed by atoms with Crippen molar-refractivity contribution in [2.24, 2.45) is 14.1 Å². The lowest BCUT2D eigenvalue weighted by atomic mass is 9.78. The van der Waals surface area contributed by atoms with E-state index in [1.807, 2.05) is 0 Å². The van der Waals surface area contributed by atoms with Gasteiger partial charge in [-0.15, -0.1) is 0 Å². The number of aromatic nitrogens is 2. The summed E-state index contributed by atoms with van der Waals surface area (Å²) in [7, 11) is 4.59. The normalized spacial score (nSPS) is 13.4. The van der Waals surface area contributed by atoms with Crippen molar-refractivity contribution in [1.82, 2.24) is 9.13 Å². The van der Waals surface area contributed by atoms with E-state index in [9.17, 15) is 0 Å². The van der Waals surface area contributed by atoms with Crippen molar-refractivity contribution in [3.8, 4) is 44.8 Å². The third kappa shape index (κ3) is 7.34. The van der Waals surface area contributed by atoms with Gasteiger partial charge < -0.3 is 9.13 Å². The predicted molar refractivity (Wildman–Crippen MR) is 333 cm³/mol. The molecule has 2 nitrogen and oxygen atoms in total. The summed E-state index contributed by atoms with van der Waals surface area (Å²) in [6.45, 7) is 35.3. The lowest BCUT2D eigenvalue weighted by Crippen LogP contribution is -2.16. The van der Waals surface area contributed by atoms with Gasteiger partial charge in [0, 0.05) is 69.3 Å². The molecule has 0 saturated heterocycles. The smallest absolute Gasteiger partial charge is 0.0492 e. The van der Waals surface area contributed by atoms with E-state index in [0.717, 1.165) is 0 Å². The van der Waals surface area contributed by atoms with Gasteiger partial charge in [0.25, 0.3) is 0 Å². The molecule has 0 atom stereocenters. The summed E-state index contributed by atoms with van der Waals surface area (Å²) in [5.74, 6) is 0. The van der Waals surface area contributed by atoms with Crippen LogP contribution in [0.2, 0.25) is 0 Å². The zero-order chi connectivity index (χ0) is 55.1. The lowest BCUT2D eigenvalue weighted by Gasteiger charge is -2.27. The largest absolute Gasteiger partial charge is 0.347 e. The summed E-state index contributed by atoms with van der Waals surface area (Å²) in [5, 5.41) is 21.0. The predicted octanol–water partition coefficient (Wildman–Crippen LogP) is 19.9. The summed E-state index contributed by atoms with van der Waals surface area (Å²) >= 11 is 0. The van der Waals surface area contributed by atoms with E-state index in [1.165, 1.54) is 158 Å². The van der Waals surface area contributed by atoms with Gasteiger partial charge in [0.2, 0.25) is 0 Å². The van der Waals surface area contributed by atoms with Crippen LogP contribution in [-0.2, 0) is 41.2 Å². The van der Waals surface area contributed by atoms with Crippen molar-refractivity contribution in [1.29, 1.82) is 0 Å². The minimum atomic E-state index is -0.0532. The minimum Gasteiger partial charge on any atom is -0.347 e. The molecular weight excluding hydrogens is 941 g/mol. The molecule has 0 unspecified atom stereocenters. The van der Waals surface area contributed by atoms with Crippen LogP contribution in [-0.4, -0.2) is 9.13 Å². The molecule has 390 valence electrons. The van der Waals surface area contributed by atoms with Gasteiger partial charge in [-0.2, -0.15) is 0 Å². The molecule has 0 amide bonds. The second-order valence-electron chi connectivity index (χ2n) is 28.3. The van der Waals surface area contributed by atoms with Crippen molar-refractivity contribution in [3.05, 3.63) is 221 Å². The topological polar surface area (TPSA) is 9.86 Å². The van der Waals surface area contributed by atoms with Crippen LogP contribution < -0.4 is 0 Å². The molecule has 0 bridgehead atoms. The molecule has 2 aliphatic rings. The Bertz CT molecular complexity index is 4690. The number of hydrogen-bond donors (Lipinski definition) is 0. The average molecular weight is 1020 g/mol. The Balaban J connectivity index is 1.34. The van der Waals surface area contributed by atoms with E-state index < -0.39 is 0 Å². The Labute approximate surface area is 461 Å². The first-order valence-electron chi connectivity index (χ1n) is 28.5. The first-order chi connectivity index (χ1) is 36.7. The average Bonchev–Trinajstić information content (AvgIpc) is 2.68. The van der Waals surface area contributed by atoms with E-state index in [1.54, 1.807) is 0 Å². The number of nitrogens with zero attached hydrogens (tertiary/aromatic N) is 2. The fraction of sp³-hybridized carbons (Fsp3) is 0.289. The first-order valence-corrected chi connectivity index (χ1v) is 28.5. The molecule has 0 N–H and O–H groups in total. The Morgan fingerprint density at radius 3 is 1.04 bits per heavy atom. The van der Waals surface area contributed by atoms with Crippen LogP contribution in [0.3, 0.4) is 0 Å². The molecule has 2 aromatic heterocycles. The molecule has 2 heteroatoms. The maximum atomic E-state index is 2.53. The van der Waals surface area contributed by atoms with E-state index in [0.29, 0.717) is 0 Å². The van der Waals surface area contributed by atoms with Crippen molar-refractivity contribution in [2.45, 2.75) is 131 Å². The number of fused-ring (bicyclic) bond motifs is 5. The van der Waals surface area contributed by atoms with Gasteiger partial charge >= 0.3 is 0 Å². The Kier molecular flexibility index (Phi) is 10.6. The van der Waals surface area contributed by atoms with E-state index in [2.05, 4.69) is 279 Å². The number of benzene rings is 9. The Morgan fingerprint density at radius 1 is 0.282 bits per heavy atom. The summed E-state index contributed by atoms with van der Waals surface area (Å²) < 4.78 is 4.98. The standard InChI is InChI=1S/C76H76N2/c1-72(2,3)47-26-22-25-45(37-47)62-50-27-20-21-28-51(50)63(46-38-48(73(4,5)6)42-49(39-46)74(7,8)9)69-53-30-32-55-65-54(31-29-52(64(53)65)68(62)69)70-66(58-33-35-60(77(58)16)75(10,11)12)56-40-43-23-18-19-24-44(43)41-57(56)67(71(55)70)59-34-36-61(78(59)17)76(13,14)15/h18-42H,1-17H3. The van der Waals surface area contributed by atoms with E-state index >= 15 is 0 Å². The highest BCUT2D eigenvalue weighted by molar-refractivity contribution is 6.12. The molecule has 11 aromatic rings. The third-order valence-corrected chi connectivity index (χ3v) is 17.9. The monoisotopic (exact) mass is 1020 g/mol. The SMILES string of the molecule is Cn1c(-c2c3c(c(-c4ccc(C(C)(C)C)n4C)c4cc5ccccc5cc24)=c2ccc4c5c(ccc=3c25)=c2c(-c3cccc(C(C)(C)C)c3)c3ccccc3c(-c3cc(C(C)(C)C)cc(C(C)(C)C)c3)c2=4)ccc1C(C)(C)C. The highest BCUT2D eigenvalue weighted by atomic mass is 15.0. The molecular formula is C76H76N2. The van der Waals surface area contributed by atoms with Gasteiger partial charge in [0.05, 0.1) is 0 Å². The molecule has 0 fully saturated rings. The van der Waals surface area contributed by atoms with Gasteiger partial charge in [-0.05, 0) is 166 Å². The number of hydrogen-bond acceptors (Lipinski definition) is 0. The highest BCUT2D eigenvalue weighted by Crippen LogP contribution is 2.48. The second kappa shape index (κ2) is 16.6. The summed E-state index contributed by atoms with van der Waals surface area (Å²) in [5.41, 5.74) is 16.8. The molecule has 0 radical (unpaired) electrons. The van der Waals surface area contributed by atoms with Crippen molar-refractivity contribution >= 4 is 43.1 Å². The Hall–Kier alpha value is -7.42. The van der Waals surface area contributed by atoms with Crippen molar-refractivity contribution < 1.29 is 0 Å². The molecule has 13 rings (SSSR count). The zero-order valence-electron chi connectivity index (χ0n) is 49.3. The minimum absolute atomic E-state index is 0.0220. The van der Waals surface area contributed by atoms with E-state index in [-0.39, 0.29) is 27.1 Å². The maximum Gasteiger partial charge on any atom is 0.0492 e. The van der Waals surface area contributed by atoms with Crippen LogP contribution in [0.4, 0.5) is 0 Å². The van der Waals surface area contributed by atoms with Gasteiger partial charge in [-0.3, -0.25) is 0 Å². The third-order valence-electron chi connectivity index (χ3n) is 17.9. The fourth-order valence-corrected chi connectivity index (χ4v) is 14.0. The van der Waals surface area contributed by atoms with Crippen LogP contribution in [0, 0.1) is 41.7 Å². The van der Waals surface area contributed by atoms with Crippen molar-refractivity contribution in [2.75, 3.05) is 0 Å². The highest BCUT2D eigenvalue weighted by Gasteiger charge is 2.30. The quantitative estimate of drug-likeness (QED) is 0.156. The van der Waals surface area contributed by atoms with Crippen LogP contribution in [0.1, 0.15) is 132 Å². The second-order valence-corrected chi connectivity index (χ2v) is 28.3. The first kappa shape index (κ1) is 50.1. The molecule has 0 aliphatic heterocycles.